The van der Waals surface area contributed by atoms with E-state index in [1.165, 1.54) is 47.2 Å². The van der Waals surface area contributed by atoms with Crippen molar-refractivity contribution in [1.29, 1.82) is 0 Å². The lowest BCUT2D eigenvalue weighted by Crippen LogP contribution is -2.38. The number of nitrogens with zero attached hydrogens (tertiary/aromatic N) is 6. The molecule has 2 heterocycles. The van der Waals surface area contributed by atoms with Gasteiger partial charge in [0, 0.05) is 56.2 Å². The number of carboxylic acid groups (broad SMARTS) is 1. The average Bonchev–Trinajstić information content (AvgIpc) is 3.25. The largest absolute Gasteiger partial charge is 0.465 e. The van der Waals surface area contributed by atoms with Crippen LogP contribution in [0.25, 0.3) is 44.1 Å². The molecule has 0 atom stereocenters. The lowest BCUT2D eigenvalue weighted by molar-refractivity contribution is 0.189. The summed E-state index contributed by atoms with van der Waals surface area (Å²) in [7, 11) is 4.17. The maximum Gasteiger partial charge on any atom is 0.404 e. The quantitative estimate of drug-likeness (QED) is 0.133. The number of rotatable bonds is 9. The van der Waals surface area contributed by atoms with E-state index in [9.17, 15) is 4.79 Å². The third-order valence-corrected chi connectivity index (χ3v) is 11.6. The Morgan fingerprint density at radius 1 is 0.636 bits per heavy atom. The van der Waals surface area contributed by atoms with Gasteiger partial charge in [-0.1, -0.05) is 72.8 Å². The summed E-state index contributed by atoms with van der Waals surface area (Å²) >= 11 is 0. The molecule has 6 aromatic rings. The van der Waals surface area contributed by atoms with Gasteiger partial charge < -0.3 is 26.0 Å². The summed E-state index contributed by atoms with van der Waals surface area (Å²) in [5.41, 5.74) is 9.94. The Bertz CT molecular complexity index is 2200. The Balaban J connectivity index is 0.000000170. The van der Waals surface area contributed by atoms with Crippen LogP contribution in [0, 0.1) is 11.8 Å². The Morgan fingerprint density at radius 3 is 1.51 bits per heavy atom. The van der Waals surface area contributed by atoms with Crippen molar-refractivity contribution in [3.05, 3.63) is 109 Å². The van der Waals surface area contributed by atoms with Gasteiger partial charge in [0.1, 0.15) is 0 Å². The Hall–Kier alpha value is -5.61. The van der Waals surface area contributed by atoms with Crippen molar-refractivity contribution in [2.75, 3.05) is 37.0 Å². The smallest absolute Gasteiger partial charge is 0.404 e. The van der Waals surface area contributed by atoms with Crippen molar-refractivity contribution in [3.8, 4) is 22.5 Å². The number of aromatic nitrogens is 4. The second-order valence-electron chi connectivity index (χ2n) is 15.1. The molecule has 55 heavy (non-hydrogen) atoms. The molecule has 284 valence electrons. The highest BCUT2D eigenvalue weighted by molar-refractivity contribution is 5.87. The highest BCUT2D eigenvalue weighted by atomic mass is 16.4. The summed E-state index contributed by atoms with van der Waals surface area (Å²) in [6.07, 6.45) is 11.6. The van der Waals surface area contributed by atoms with Crippen LogP contribution in [-0.4, -0.2) is 70.4 Å². The van der Waals surface area contributed by atoms with Gasteiger partial charge in [-0.05, 0) is 116 Å². The molecule has 0 spiro atoms. The highest BCUT2D eigenvalue weighted by Crippen LogP contribution is 2.31. The molecule has 0 unspecified atom stereocenters. The van der Waals surface area contributed by atoms with Gasteiger partial charge in [-0.2, -0.15) is 0 Å². The summed E-state index contributed by atoms with van der Waals surface area (Å²) in [6, 6.07) is 34.5. The van der Waals surface area contributed by atoms with Crippen LogP contribution in [0.3, 0.4) is 0 Å². The SMILES string of the molecule is CN(c1nccc(-c2ccc3ccccc3c2)n1)C1CCC(CN)CC1.CN(c1nccc(-c2ccc3ccccc3c2)n1)C1CCC(CNC(=O)O)CC1. The zero-order chi connectivity index (χ0) is 38.1. The van der Waals surface area contributed by atoms with Crippen molar-refractivity contribution >= 4 is 39.5 Å². The fourth-order valence-corrected chi connectivity index (χ4v) is 8.12. The number of amides is 1. The first-order chi connectivity index (χ1) is 26.8. The molecule has 4 N–H and O–H groups in total. The van der Waals surface area contributed by atoms with Gasteiger partial charge in [0.2, 0.25) is 11.9 Å². The molecular formula is C45H52N8O2. The van der Waals surface area contributed by atoms with E-state index in [4.69, 9.17) is 20.8 Å². The fraction of sp³-hybridized carbons (Fsp3) is 0.356. The molecule has 0 radical (unpaired) electrons. The summed E-state index contributed by atoms with van der Waals surface area (Å²) < 4.78 is 0. The van der Waals surface area contributed by atoms with E-state index < -0.39 is 6.09 Å². The van der Waals surface area contributed by atoms with Gasteiger partial charge in [0.25, 0.3) is 0 Å². The molecule has 4 aromatic carbocycles. The minimum Gasteiger partial charge on any atom is -0.465 e. The predicted octanol–water partition coefficient (Wildman–Crippen LogP) is 8.81. The zero-order valence-electron chi connectivity index (χ0n) is 31.9. The van der Waals surface area contributed by atoms with E-state index in [0.29, 0.717) is 30.5 Å². The van der Waals surface area contributed by atoms with Gasteiger partial charge in [0.05, 0.1) is 11.4 Å². The van der Waals surface area contributed by atoms with E-state index in [2.05, 4.69) is 112 Å². The summed E-state index contributed by atoms with van der Waals surface area (Å²) in [4.78, 5) is 33.8. The normalized spacial score (nSPS) is 19.6. The zero-order valence-corrected chi connectivity index (χ0v) is 31.9. The Kier molecular flexibility index (Phi) is 12.1. The predicted molar refractivity (Wildman–Crippen MR) is 223 cm³/mol. The first-order valence-electron chi connectivity index (χ1n) is 19.6. The summed E-state index contributed by atoms with van der Waals surface area (Å²) in [5.74, 6) is 2.65. The van der Waals surface area contributed by atoms with Crippen LogP contribution in [0.5, 0.6) is 0 Å². The highest BCUT2D eigenvalue weighted by Gasteiger charge is 2.26. The minimum absolute atomic E-state index is 0.378. The van der Waals surface area contributed by atoms with Gasteiger partial charge in [-0.15, -0.1) is 0 Å². The van der Waals surface area contributed by atoms with Gasteiger partial charge >= 0.3 is 6.09 Å². The molecule has 2 aliphatic rings. The van der Waals surface area contributed by atoms with Crippen molar-refractivity contribution < 1.29 is 9.90 Å². The lowest BCUT2D eigenvalue weighted by atomic mass is 9.85. The molecule has 0 bridgehead atoms. The van der Waals surface area contributed by atoms with Crippen LogP contribution in [0.2, 0.25) is 0 Å². The number of fused-ring (bicyclic) bond motifs is 2. The number of nitrogens with one attached hydrogen (secondary N) is 1. The van der Waals surface area contributed by atoms with Gasteiger partial charge in [-0.3, -0.25) is 0 Å². The van der Waals surface area contributed by atoms with E-state index in [1.807, 2.05) is 36.7 Å². The first-order valence-corrected chi connectivity index (χ1v) is 19.6. The molecule has 10 nitrogen and oxygen atoms in total. The van der Waals surface area contributed by atoms with Gasteiger partial charge in [0.15, 0.2) is 0 Å². The summed E-state index contributed by atoms with van der Waals surface area (Å²) in [5, 5.41) is 16.2. The molecular weight excluding hydrogens is 685 g/mol. The third kappa shape index (κ3) is 9.38. The van der Waals surface area contributed by atoms with Crippen LogP contribution in [-0.2, 0) is 0 Å². The molecule has 0 aliphatic heterocycles. The van der Waals surface area contributed by atoms with Crippen LogP contribution >= 0.6 is 0 Å². The Labute approximate surface area is 323 Å². The van der Waals surface area contributed by atoms with Crippen molar-refractivity contribution in [2.24, 2.45) is 17.6 Å². The molecule has 0 saturated heterocycles. The number of carbonyl (C=O) groups is 1. The minimum atomic E-state index is -0.942. The third-order valence-electron chi connectivity index (χ3n) is 11.6. The number of anilines is 2. The van der Waals surface area contributed by atoms with E-state index in [1.54, 1.807) is 0 Å². The standard InChI is InChI=1S/C23H26N4O2.C22H26N4/c1-27(20-10-6-16(7-11-20)15-25-23(28)29)22-24-13-12-21(26-22)19-9-8-17-4-2-3-5-18(17)14-19;1-26(20-10-6-16(15-23)7-11-20)22-24-13-12-21(25-22)19-9-8-17-4-2-3-5-18(17)14-19/h2-5,8-9,12-14,16,20,25H,6-7,10-11,15H2,1H3,(H,28,29);2-5,8-9,12-14,16,20H,6-7,10-11,15,23H2,1H3. The van der Waals surface area contributed by atoms with Crippen LogP contribution in [0.15, 0.2) is 109 Å². The molecule has 2 saturated carbocycles. The van der Waals surface area contributed by atoms with Gasteiger partial charge in [-0.25, -0.2) is 24.7 Å². The van der Waals surface area contributed by atoms with Crippen molar-refractivity contribution in [2.45, 2.75) is 63.5 Å². The number of hydrogen-bond donors (Lipinski definition) is 3. The van der Waals surface area contributed by atoms with E-state index in [0.717, 1.165) is 66.6 Å². The van der Waals surface area contributed by atoms with E-state index >= 15 is 0 Å². The average molecular weight is 737 g/mol. The van der Waals surface area contributed by atoms with Crippen LogP contribution in [0.1, 0.15) is 51.4 Å². The number of hydrogen-bond acceptors (Lipinski definition) is 8. The fourth-order valence-electron chi connectivity index (χ4n) is 8.12. The molecule has 1 amide bonds. The topological polar surface area (TPSA) is 133 Å². The lowest BCUT2D eigenvalue weighted by Gasteiger charge is -2.34. The molecule has 10 heteroatoms. The monoisotopic (exact) mass is 736 g/mol. The van der Waals surface area contributed by atoms with Crippen LogP contribution < -0.4 is 20.9 Å². The molecule has 2 aliphatic carbocycles. The van der Waals surface area contributed by atoms with Crippen molar-refractivity contribution in [1.82, 2.24) is 25.3 Å². The van der Waals surface area contributed by atoms with Crippen molar-refractivity contribution in [3.63, 3.8) is 0 Å². The molecule has 2 aromatic heterocycles. The maximum absolute atomic E-state index is 10.7. The second-order valence-corrected chi connectivity index (χ2v) is 15.1. The summed E-state index contributed by atoms with van der Waals surface area (Å²) in [6.45, 7) is 1.35. The second kappa shape index (κ2) is 17.7. The first kappa shape index (κ1) is 37.7. The Morgan fingerprint density at radius 2 is 1.07 bits per heavy atom. The maximum atomic E-state index is 10.7. The van der Waals surface area contributed by atoms with Crippen LogP contribution in [0.4, 0.5) is 16.7 Å². The number of nitrogens with two attached hydrogens (primary N) is 1. The molecule has 8 rings (SSSR count). The van der Waals surface area contributed by atoms with E-state index in [-0.39, 0.29) is 0 Å². The molecule has 2 fully saturated rings. The number of benzene rings is 4.